The quantitative estimate of drug-likeness (QED) is 0.432. The van der Waals surface area contributed by atoms with Gasteiger partial charge in [-0.05, 0) is 48.6 Å². The number of rotatable bonds is 4. The second-order valence-electron chi connectivity index (χ2n) is 9.44. The van der Waals surface area contributed by atoms with Gasteiger partial charge in [-0.1, -0.05) is 62.2 Å². The first-order valence-electron chi connectivity index (χ1n) is 11.4. The van der Waals surface area contributed by atoms with Crippen molar-refractivity contribution in [3.63, 3.8) is 0 Å². The van der Waals surface area contributed by atoms with Gasteiger partial charge in [0, 0.05) is 29.7 Å². The number of fused-ring (bicyclic) bond motifs is 3. The van der Waals surface area contributed by atoms with Crippen LogP contribution in [0.2, 0.25) is 0 Å². The maximum absolute atomic E-state index is 13.2. The Labute approximate surface area is 210 Å². The number of carbonyl (C=O) groups excluding carboxylic acids is 1. The normalized spacial score (nSPS) is 32.9. The van der Waals surface area contributed by atoms with Crippen molar-refractivity contribution in [2.24, 2.45) is 0 Å². The SMILES string of the molecule is COC(=O)[C@@H]1C[C@@]2(Br)c3cc(Br)ccc3N3C(=N)[C@](Cc4ccccc4)(N4CCCC4)N1[C@H]32. The highest BCUT2D eigenvalue weighted by atomic mass is 79.9. The first-order valence-corrected chi connectivity index (χ1v) is 13.0. The number of amidine groups is 1. The summed E-state index contributed by atoms with van der Waals surface area (Å²) < 4.78 is 5.86. The van der Waals surface area contributed by atoms with Gasteiger partial charge < -0.3 is 9.64 Å². The molecule has 0 unspecified atom stereocenters. The molecule has 6 rings (SSSR count). The van der Waals surface area contributed by atoms with Gasteiger partial charge in [-0.15, -0.1) is 0 Å². The number of esters is 1. The Bertz CT molecular complexity index is 1140. The summed E-state index contributed by atoms with van der Waals surface area (Å²) in [7, 11) is 1.47. The highest BCUT2D eigenvalue weighted by Crippen LogP contribution is 2.64. The third-order valence-corrected chi connectivity index (χ3v) is 9.51. The van der Waals surface area contributed by atoms with Crippen molar-refractivity contribution in [2.75, 3.05) is 25.1 Å². The third-order valence-electron chi connectivity index (χ3n) is 7.85. The molecule has 0 spiro atoms. The van der Waals surface area contributed by atoms with Crippen molar-refractivity contribution in [3.8, 4) is 0 Å². The van der Waals surface area contributed by atoms with E-state index in [1.54, 1.807) is 0 Å². The van der Waals surface area contributed by atoms with Gasteiger partial charge in [-0.3, -0.25) is 15.1 Å². The van der Waals surface area contributed by atoms with Crippen LogP contribution in [0, 0.1) is 5.41 Å². The van der Waals surface area contributed by atoms with Crippen molar-refractivity contribution in [1.29, 1.82) is 5.41 Å². The van der Waals surface area contributed by atoms with Crippen molar-refractivity contribution in [2.45, 2.75) is 47.9 Å². The van der Waals surface area contributed by atoms with E-state index in [1.165, 1.54) is 12.7 Å². The lowest BCUT2D eigenvalue weighted by Crippen LogP contribution is -2.65. The Balaban J connectivity index is 1.59. The number of likely N-dealkylation sites (tertiary alicyclic amines) is 1. The molecule has 0 radical (unpaired) electrons. The van der Waals surface area contributed by atoms with Crippen LogP contribution in [0.1, 0.15) is 30.4 Å². The lowest BCUT2D eigenvalue weighted by molar-refractivity contribution is -0.150. The predicted molar refractivity (Wildman–Crippen MR) is 135 cm³/mol. The zero-order chi connectivity index (χ0) is 23.0. The zero-order valence-electron chi connectivity index (χ0n) is 18.4. The first-order chi connectivity index (χ1) is 15.9. The van der Waals surface area contributed by atoms with Gasteiger partial charge in [-0.2, -0.15) is 0 Å². The molecule has 6 nitrogen and oxygen atoms in total. The molecule has 8 heteroatoms. The lowest BCUT2D eigenvalue weighted by atomic mass is 9.94. The average molecular weight is 574 g/mol. The van der Waals surface area contributed by atoms with Crippen molar-refractivity contribution in [1.82, 2.24) is 9.80 Å². The van der Waals surface area contributed by atoms with Crippen LogP contribution in [-0.4, -0.2) is 59.7 Å². The van der Waals surface area contributed by atoms with Crippen LogP contribution >= 0.6 is 31.9 Å². The van der Waals surface area contributed by atoms with E-state index in [9.17, 15) is 10.2 Å². The fourth-order valence-corrected chi connectivity index (χ4v) is 7.97. The molecule has 1 N–H and O–H groups in total. The van der Waals surface area contributed by atoms with Crippen LogP contribution in [0.15, 0.2) is 53.0 Å². The molecule has 3 fully saturated rings. The van der Waals surface area contributed by atoms with E-state index in [4.69, 9.17) is 4.74 Å². The molecule has 33 heavy (non-hydrogen) atoms. The molecule has 4 heterocycles. The van der Waals surface area contributed by atoms with Crippen molar-refractivity contribution in [3.05, 3.63) is 64.1 Å². The Hall–Kier alpha value is -1.74. The minimum atomic E-state index is -0.707. The molecule has 0 aliphatic carbocycles. The van der Waals surface area contributed by atoms with Crippen LogP contribution in [0.3, 0.4) is 0 Å². The lowest BCUT2D eigenvalue weighted by Gasteiger charge is -2.46. The molecule has 172 valence electrons. The molecule has 0 aromatic heterocycles. The molecular formula is C25H26Br2N4O2. The number of methoxy groups -OCH3 is 1. The van der Waals surface area contributed by atoms with E-state index in [2.05, 4.69) is 83.0 Å². The smallest absolute Gasteiger partial charge is 0.323 e. The number of alkyl halides is 1. The summed E-state index contributed by atoms with van der Waals surface area (Å²) in [5.74, 6) is 0.322. The Morgan fingerprint density at radius 3 is 2.61 bits per heavy atom. The number of benzene rings is 2. The van der Waals surface area contributed by atoms with E-state index in [-0.39, 0.29) is 12.1 Å². The number of hydrogen-bond acceptors (Lipinski definition) is 5. The standard InChI is InChI=1S/C25H26Br2N4O2/c1-33-21(32)20-15-24(27)18-13-17(26)9-10-19(18)30-22(28)25(31(20)23(24)30,29-11-5-6-12-29)14-16-7-3-2-4-8-16/h2-4,7-10,13,20,23,28H,5-6,11-12,14-15H2,1H3/t20-,23-,24+,25+/m0/s1. The number of hydrogen-bond donors (Lipinski definition) is 1. The molecule has 4 aliphatic heterocycles. The fraction of sp³-hybridized carbons (Fsp3) is 0.440. The Morgan fingerprint density at radius 1 is 1.18 bits per heavy atom. The molecular weight excluding hydrogens is 548 g/mol. The van der Waals surface area contributed by atoms with E-state index in [1.807, 2.05) is 12.1 Å². The highest BCUT2D eigenvalue weighted by molar-refractivity contribution is 9.10. The van der Waals surface area contributed by atoms with Gasteiger partial charge in [0.2, 0.25) is 0 Å². The van der Waals surface area contributed by atoms with Gasteiger partial charge in [0.25, 0.3) is 0 Å². The second kappa shape index (κ2) is 7.63. The van der Waals surface area contributed by atoms with E-state index in [0.717, 1.165) is 41.7 Å². The number of anilines is 1. The summed E-state index contributed by atoms with van der Waals surface area (Å²) in [6.07, 6.45) is 3.30. The Morgan fingerprint density at radius 2 is 1.91 bits per heavy atom. The third kappa shape index (κ3) is 2.84. The summed E-state index contributed by atoms with van der Waals surface area (Å²) in [6.45, 7) is 1.84. The maximum Gasteiger partial charge on any atom is 0.323 e. The van der Waals surface area contributed by atoms with Crippen LogP contribution in [0.25, 0.3) is 0 Å². The monoisotopic (exact) mass is 572 g/mol. The van der Waals surface area contributed by atoms with Crippen LogP contribution in [-0.2, 0) is 20.3 Å². The molecule has 0 amide bonds. The Kier molecular flexibility index (Phi) is 5.04. The van der Waals surface area contributed by atoms with Crippen LogP contribution in [0.5, 0.6) is 0 Å². The summed E-state index contributed by atoms with van der Waals surface area (Å²) in [4.78, 5) is 20.1. The molecule has 3 saturated heterocycles. The minimum absolute atomic E-state index is 0.164. The van der Waals surface area contributed by atoms with Gasteiger partial charge in [0.1, 0.15) is 23.7 Å². The maximum atomic E-state index is 13.2. The minimum Gasteiger partial charge on any atom is -0.468 e. The topological polar surface area (TPSA) is 59.9 Å². The first kappa shape index (κ1) is 21.8. The van der Waals surface area contributed by atoms with E-state index >= 15 is 0 Å². The van der Waals surface area contributed by atoms with Gasteiger partial charge in [0.05, 0.1) is 11.4 Å². The molecule has 2 aromatic carbocycles. The van der Waals surface area contributed by atoms with Crippen molar-refractivity contribution >= 4 is 49.4 Å². The van der Waals surface area contributed by atoms with E-state index in [0.29, 0.717) is 18.7 Å². The number of nitrogens with zero attached hydrogens (tertiary/aromatic N) is 3. The van der Waals surface area contributed by atoms with Gasteiger partial charge in [0.15, 0.2) is 0 Å². The summed E-state index contributed by atoms with van der Waals surface area (Å²) >= 11 is 7.74. The van der Waals surface area contributed by atoms with Crippen LogP contribution in [0.4, 0.5) is 5.69 Å². The summed E-state index contributed by atoms with van der Waals surface area (Å²) in [5, 5.41) is 9.67. The largest absolute Gasteiger partial charge is 0.468 e. The molecule has 4 atom stereocenters. The van der Waals surface area contributed by atoms with E-state index < -0.39 is 16.0 Å². The molecule has 2 aromatic rings. The summed E-state index contributed by atoms with van der Waals surface area (Å²) in [5.41, 5.74) is 2.63. The molecule has 4 aliphatic rings. The van der Waals surface area contributed by atoms with Crippen LogP contribution < -0.4 is 4.90 Å². The van der Waals surface area contributed by atoms with Gasteiger partial charge >= 0.3 is 5.97 Å². The average Bonchev–Trinajstić information content (AvgIpc) is 3.56. The number of carbonyl (C=O) groups is 1. The number of ether oxygens (including phenoxy) is 1. The van der Waals surface area contributed by atoms with Gasteiger partial charge in [-0.25, -0.2) is 4.90 Å². The molecule has 0 saturated carbocycles. The summed E-state index contributed by atoms with van der Waals surface area (Å²) in [6, 6.07) is 16.2. The van der Waals surface area contributed by atoms with Crippen molar-refractivity contribution < 1.29 is 9.53 Å². The zero-order valence-corrected chi connectivity index (χ0v) is 21.6. The second-order valence-corrected chi connectivity index (χ2v) is 11.8. The predicted octanol–water partition coefficient (Wildman–Crippen LogP) is 4.46. The highest BCUT2D eigenvalue weighted by Gasteiger charge is 2.74. The number of nitrogens with one attached hydrogen (secondary N) is 1. The fourth-order valence-electron chi connectivity index (χ4n) is 6.56. The molecule has 0 bridgehead atoms. The number of halogens is 2.